The molecule has 3 aromatic rings. The van der Waals surface area contributed by atoms with Gasteiger partial charge in [0.05, 0.1) is 24.6 Å². The molecule has 0 saturated carbocycles. The zero-order valence-electron chi connectivity index (χ0n) is 18.3. The lowest BCUT2D eigenvalue weighted by Gasteiger charge is -2.32. The van der Waals surface area contributed by atoms with Gasteiger partial charge in [0, 0.05) is 30.6 Å². The van der Waals surface area contributed by atoms with Gasteiger partial charge in [-0.1, -0.05) is 36.4 Å². The molecule has 0 atom stereocenters. The lowest BCUT2D eigenvalue weighted by atomic mass is 9.89. The molecule has 2 aromatic carbocycles. The Hall–Kier alpha value is -2.92. The number of nitrogens with zero attached hydrogens (tertiary/aromatic N) is 2. The van der Waals surface area contributed by atoms with E-state index in [0.717, 1.165) is 71.8 Å². The molecular formula is C26H29N3O2. The van der Waals surface area contributed by atoms with E-state index in [4.69, 9.17) is 9.72 Å². The van der Waals surface area contributed by atoms with E-state index in [1.54, 1.807) is 0 Å². The third-order valence-corrected chi connectivity index (χ3v) is 6.70. The number of aromatic nitrogens is 2. The highest BCUT2D eigenvalue weighted by Crippen LogP contribution is 2.31. The molecule has 5 nitrogen and oxygen atoms in total. The number of H-pyrrole nitrogens is 1. The highest BCUT2D eigenvalue weighted by atomic mass is 16.5. The van der Waals surface area contributed by atoms with E-state index in [2.05, 4.69) is 48.3 Å². The van der Waals surface area contributed by atoms with Crippen molar-refractivity contribution in [2.75, 3.05) is 19.7 Å². The van der Waals surface area contributed by atoms with Crippen LogP contribution in [0.5, 0.6) is 0 Å². The molecule has 0 radical (unpaired) electrons. The fraction of sp³-hybridized carbons (Fsp3) is 0.385. The standard InChI is InChI=1S/C26H29N3O2/c1-17-14-18(2)22(15-21(17)25-27-23-10-13-31-16-24(23)28-25)26(30)29-11-8-20(9-12-29)19-6-4-3-5-7-19/h3-7,14-15,20H,8-13,16H2,1-2H3,(H,27,28). The minimum atomic E-state index is 0.130. The Morgan fingerprint density at radius 2 is 1.87 bits per heavy atom. The third kappa shape index (κ3) is 3.90. The van der Waals surface area contributed by atoms with E-state index in [1.807, 2.05) is 17.9 Å². The number of likely N-dealkylation sites (tertiary alicyclic amines) is 1. The Bertz CT molecular complexity index is 1070. The fourth-order valence-electron chi connectivity index (χ4n) is 4.89. The monoisotopic (exact) mass is 415 g/mol. The number of carbonyl (C=O) groups is 1. The molecule has 1 saturated heterocycles. The van der Waals surface area contributed by atoms with Crippen molar-refractivity contribution in [2.24, 2.45) is 0 Å². The number of piperidine rings is 1. The predicted octanol–water partition coefficient (Wildman–Crippen LogP) is 4.79. The van der Waals surface area contributed by atoms with Crippen LogP contribution in [0.1, 0.15) is 57.2 Å². The quantitative estimate of drug-likeness (QED) is 0.669. The topological polar surface area (TPSA) is 58.2 Å². The Morgan fingerprint density at radius 1 is 1.10 bits per heavy atom. The van der Waals surface area contributed by atoms with Crippen molar-refractivity contribution in [3.63, 3.8) is 0 Å². The van der Waals surface area contributed by atoms with Crippen LogP contribution >= 0.6 is 0 Å². The summed E-state index contributed by atoms with van der Waals surface area (Å²) in [6.07, 6.45) is 2.86. The van der Waals surface area contributed by atoms with Gasteiger partial charge in [-0.2, -0.15) is 0 Å². The largest absolute Gasteiger partial charge is 0.375 e. The number of carbonyl (C=O) groups excluding carboxylic acids is 1. The van der Waals surface area contributed by atoms with E-state index < -0.39 is 0 Å². The number of amides is 1. The van der Waals surface area contributed by atoms with Crippen LogP contribution in [-0.4, -0.2) is 40.5 Å². The van der Waals surface area contributed by atoms with Crippen LogP contribution in [0.25, 0.3) is 11.4 Å². The van der Waals surface area contributed by atoms with E-state index in [0.29, 0.717) is 19.1 Å². The molecule has 5 heteroatoms. The van der Waals surface area contributed by atoms with Gasteiger partial charge in [-0.15, -0.1) is 0 Å². The van der Waals surface area contributed by atoms with Gasteiger partial charge in [-0.05, 0) is 55.4 Å². The zero-order valence-corrected chi connectivity index (χ0v) is 18.3. The number of ether oxygens (including phenoxy) is 1. The summed E-state index contributed by atoms with van der Waals surface area (Å²) in [5, 5.41) is 0. The number of fused-ring (bicyclic) bond motifs is 1. The van der Waals surface area contributed by atoms with E-state index >= 15 is 0 Å². The van der Waals surface area contributed by atoms with Crippen LogP contribution < -0.4 is 0 Å². The normalized spacial score (nSPS) is 16.9. The van der Waals surface area contributed by atoms with E-state index in [-0.39, 0.29) is 5.91 Å². The van der Waals surface area contributed by atoms with Crippen LogP contribution in [0, 0.1) is 13.8 Å². The number of rotatable bonds is 3. The summed E-state index contributed by atoms with van der Waals surface area (Å²) in [6, 6.07) is 14.8. The van der Waals surface area contributed by atoms with E-state index in [1.165, 1.54) is 5.56 Å². The zero-order chi connectivity index (χ0) is 21.4. The van der Waals surface area contributed by atoms with Crippen LogP contribution in [0.2, 0.25) is 0 Å². The van der Waals surface area contributed by atoms with Crippen molar-refractivity contribution in [1.82, 2.24) is 14.9 Å². The highest BCUT2D eigenvalue weighted by molar-refractivity contribution is 5.97. The average Bonchev–Trinajstić information content (AvgIpc) is 3.23. The molecule has 160 valence electrons. The molecule has 1 fully saturated rings. The molecule has 2 aliphatic heterocycles. The number of aromatic amines is 1. The van der Waals surface area contributed by atoms with Crippen molar-refractivity contribution < 1.29 is 9.53 Å². The van der Waals surface area contributed by atoms with Gasteiger partial charge in [-0.25, -0.2) is 4.98 Å². The second kappa shape index (κ2) is 8.31. The number of imidazole rings is 1. The second-order valence-electron chi connectivity index (χ2n) is 8.77. The molecule has 3 heterocycles. The van der Waals surface area contributed by atoms with Crippen molar-refractivity contribution >= 4 is 5.91 Å². The number of aryl methyl sites for hydroxylation is 2. The maximum Gasteiger partial charge on any atom is 0.254 e. The molecule has 0 aliphatic carbocycles. The van der Waals surface area contributed by atoms with Crippen molar-refractivity contribution in [3.05, 3.63) is 76.1 Å². The molecule has 1 aromatic heterocycles. The molecule has 31 heavy (non-hydrogen) atoms. The van der Waals surface area contributed by atoms with Crippen LogP contribution in [0.3, 0.4) is 0 Å². The van der Waals surface area contributed by atoms with Crippen LogP contribution in [-0.2, 0) is 17.8 Å². The number of hydrogen-bond donors (Lipinski definition) is 1. The summed E-state index contributed by atoms with van der Waals surface area (Å²) < 4.78 is 5.54. The maximum atomic E-state index is 13.4. The minimum absolute atomic E-state index is 0.130. The highest BCUT2D eigenvalue weighted by Gasteiger charge is 2.26. The van der Waals surface area contributed by atoms with Crippen molar-refractivity contribution in [3.8, 4) is 11.4 Å². The summed E-state index contributed by atoms with van der Waals surface area (Å²) >= 11 is 0. The van der Waals surface area contributed by atoms with Gasteiger partial charge >= 0.3 is 0 Å². The van der Waals surface area contributed by atoms with Gasteiger partial charge in [0.2, 0.25) is 0 Å². The summed E-state index contributed by atoms with van der Waals surface area (Å²) in [5.41, 5.74) is 7.45. The van der Waals surface area contributed by atoms with Crippen molar-refractivity contribution in [1.29, 1.82) is 0 Å². The van der Waals surface area contributed by atoms with Gasteiger partial charge in [0.15, 0.2) is 0 Å². The molecule has 0 unspecified atom stereocenters. The first-order valence-corrected chi connectivity index (χ1v) is 11.2. The number of hydrogen-bond acceptors (Lipinski definition) is 3. The summed E-state index contributed by atoms with van der Waals surface area (Å²) in [4.78, 5) is 23.7. The molecule has 2 aliphatic rings. The van der Waals surface area contributed by atoms with E-state index in [9.17, 15) is 4.79 Å². The van der Waals surface area contributed by atoms with Gasteiger partial charge < -0.3 is 14.6 Å². The average molecular weight is 416 g/mol. The van der Waals surface area contributed by atoms with Crippen LogP contribution in [0.4, 0.5) is 0 Å². The Balaban J connectivity index is 1.37. The smallest absolute Gasteiger partial charge is 0.254 e. The third-order valence-electron chi connectivity index (χ3n) is 6.70. The first kappa shape index (κ1) is 20.0. The van der Waals surface area contributed by atoms with Crippen LogP contribution in [0.15, 0.2) is 42.5 Å². The molecule has 0 bridgehead atoms. The molecule has 0 spiro atoms. The summed E-state index contributed by atoms with van der Waals surface area (Å²) in [7, 11) is 0. The molecule has 1 N–H and O–H groups in total. The maximum absolute atomic E-state index is 13.4. The molecule has 5 rings (SSSR count). The number of benzene rings is 2. The predicted molar refractivity (Wildman–Crippen MR) is 121 cm³/mol. The second-order valence-corrected chi connectivity index (χ2v) is 8.77. The first-order valence-electron chi connectivity index (χ1n) is 11.2. The van der Waals surface area contributed by atoms with Gasteiger partial charge in [0.1, 0.15) is 5.82 Å². The lowest BCUT2D eigenvalue weighted by molar-refractivity contribution is 0.0712. The Kier molecular flexibility index (Phi) is 5.36. The Labute approximate surface area is 183 Å². The molecule has 1 amide bonds. The van der Waals surface area contributed by atoms with Gasteiger partial charge in [0.25, 0.3) is 5.91 Å². The van der Waals surface area contributed by atoms with Gasteiger partial charge in [-0.3, -0.25) is 4.79 Å². The lowest BCUT2D eigenvalue weighted by Crippen LogP contribution is -2.38. The summed E-state index contributed by atoms with van der Waals surface area (Å²) in [6.45, 7) is 7.00. The Morgan fingerprint density at radius 3 is 2.61 bits per heavy atom. The first-order chi connectivity index (χ1) is 15.1. The molecular weight excluding hydrogens is 386 g/mol. The SMILES string of the molecule is Cc1cc(C)c(-c2nc3c([nH]2)COCC3)cc1C(=O)N1CCC(c2ccccc2)CC1. The van der Waals surface area contributed by atoms with Crippen molar-refractivity contribution in [2.45, 2.75) is 45.6 Å². The minimum Gasteiger partial charge on any atom is -0.375 e. The summed E-state index contributed by atoms with van der Waals surface area (Å²) in [5.74, 6) is 1.51. The number of nitrogens with one attached hydrogen (secondary N) is 1. The fourth-order valence-corrected chi connectivity index (χ4v) is 4.89.